The predicted molar refractivity (Wildman–Crippen MR) is 73.7 cm³/mol. The van der Waals surface area contributed by atoms with Gasteiger partial charge >= 0.3 is 5.97 Å². The van der Waals surface area contributed by atoms with Crippen molar-refractivity contribution in [2.75, 3.05) is 32.9 Å². The molecule has 2 saturated heterocycles. The van der Waals surface area contributed by atoms with E-state index in [1.807, 2.05) is 0 Å². The van der Waals surface area contributed by atoms with Crippen molar-refractivity contribution < 1.29 is 19.4 Å². The number of rotatable bonds is 3. The van der Waals surface area contributed by atoms with Gasteiger partial charge in [0.2, 0.25) is 0 Å². The molecule has 1 saturated carbocycles. The predicted octanol–water partition coefficient (Wildman–Crippen LogP) is 1.51. The Labute approximate surface area is 120 Å². The van der Waals surface area contributed by atoms with E-state index in [-0.39, 0.29) is 0 Å². The average molecular weight is 283 g/mol. The molecule has 0 amide bonds. The van der Waals surface area contributed by atoms with Crippen LogP contribution in [0.5, 0.6) is 0 Å². The van der Waals surface area contributed by atoms with Crippen LogP contribution >= 0.6 is 0 Å². The number of fused-ring (bicyclic) bond motifs is 1. The van der Waals surface area contributed by atoms with Crippen LogP contribution in [0.25, 0.3) is 0 Å². The van der Waals surface area contributed by atoms with E-state index in [1.54, 1.807) is 0 Å². The number of aliphatic carboxylic acids is 1. The second kappa shape index (κ2) is 6.00. The Balaban J connectivity index is 1.72. The number of hydrogen-bond acceptors (Lipinski definition) is 4. The molecule has 0 spiro atoms. The van der Waals surface area contributed by atoms with Gasteiger partial charge in [0.1, 0.15) is 0 Å². The molecule has 3 aliphatic rings. The topological polar surface area (TPSA) is 59.0 Å². The van der Waals surface area contributed by atoms with E-state index in [2.05, 4.69) is 4.90 Å². The maximum Gasteiger partial charge on any atom is 0.311 e. The van der Waals surface area contributed by atoms with Gasteiger partial charge < -0.3 is 14.6 Å². The van der Waals surface area contributed by atoms with Gasteiger partial charge in [0, 0.05) is 32.3 Å². The number of carboxylic acids is 1. The molecule has 0 aromatic heterocycles. The number of carboxylic acid groups (broad SMARTS) is 1. The molecule has 2 aliphatic heterocycles. The summed E-state index contributed by atoms with van der Waals surface area (Å²) in [6.45, 7) is 3.43. The van der Waals surface area contributed by atoms with Crippen LogP contribution in [0.1, 0.15) is 38.5 Å². The summed E-state index contributed by atoms with van der Waals surface area (Å²) in [6.07, 6.45) is 6.36. The Morgan fingerprint density at radius 1 is 1.20 bits per heavy atom. The first kappa shape index (κ1) is 14.3. The van der Waals surface area contributed by atoms with E-state index in [4.69, 9.17) is 9.47 Å². The van der Waals surface area contributed by atoms with Gasteiger partial charge in [-0.15, -0.1) is 0 Å². The van der Waals surface area contributed by atoms with Gasteiger partial charge in [-0.1, -0.05) is 12.8 Å². The van der Waals surface area contributed by atoms with Gasteiger partial charge in [-0.25, -0.2) is 0 Å². The van der Waals surface area contributed by atoms with E-state index >= 15 is 0 Å². The minimum Gasteiger partial charge on any atom is -0.481 e. The van der Waals surface area contributed by atoms with Crippen molar-refractivity contribution >= 4 is 5.97 Å². The lowest BCUT2D eigenvalue weighted by Gasteiger charge is -2.47. The zero-order chi connectivity index (χ0) is 14.0. The van der Waals surface area contributed by atoms with E-state index in [0.717, 1.165) is 26.0 Å². The van der Waals surface area contributed by atoms with Crippen LogP contribution in [0.15, 0.2) is 0 Å². The van der Waals surface area contributed by atoms with Crippen molar-refractivity contribution in [2.24, 2.45) is 5.41 Å². The fraction of sp³-hybridized carbons (Fsp3) is 0.933. The van der Waals surface area contributed by atoms with Crippen LogP contribution in [0.3, 0.4) is 0 Å². The van der Waals surface area contributed by atoms with Gasteiger partial charge in [0.25, 0.3) is 0 Å². The summed E-state index contributed by atoms with van der Waals surface area (Å²) in [5, 5.41) is 9.70. The molecule has 5 heteroatoms. The standard InChI is InChI=1S/C15H25NO4/c17-14(18)15(5-8-19-9-6-15)11-16-7-10-20-13-4-2-1-3-12(13)16/h12-13H,1-11H2,(H,17,18). The molecule has 0 bridgehead atoms. The van der Waals surface area contributed by atoms with Crippen LogP contribution in [0.4, 0.5) is 0 Å². The largest absolute Gasteiger partial charge is 0.481 e. The van der Waals surface area contributed by atoms with Crippen molar-refractivity contribution in [2.45, 2.75) is 50.7 Å². The van der Waals surface area contributed by atoms with Gasteiger partial charge in [-0.05, 0) is 25.7 Å². The van der Waals surface area contributed by atoms with Crippen molar-refractivity contribution in [1.82, 2.24) is 4.90 Å². The smallest absolute Gasteiger partial charge is 0.311 e. The third-order valence-electron chi connectivity index (χ3n) is 5.26. The fourth-order valence-electron chi connectivity index (χ4n) is 3.96. The zero-order valence-electron chi connectivity index (χ0n) is 12.1. The molecule has 1 N–H and O–H groups in total. The van der Waals surface area contributed by atoms with Gasteiger partial charge in [0.05, 0.1) is 18.1 Å². The fourth-order valence-corrected chi connectivity index (χ4v) is 3.96. The highest BCUT2D eigenvalue weighted by atomic mass is 16.5. The molecule has 3 fully saturated rings. The van der Waals surface area contributed by atoms with Gasteiger partial charge in [-0.2, -0.15) is 0 Å². The van der Waals surface area contributed by atoms with Crippen LogP contribution in [0, 0.1) is 5.41 Å². The highest BCUT2D eigenvalue weighted by Crippen LogP contribution is 2.36. The quantitative estimate of drug-likeness (QED) is 0.851. The summed E-state index contributed by atoms with van der Waals surface area (Å²) in [7, 11) is 0. The Bertz CT molecular complexity index is 352. The first-order valence-electron chi connectivity index (χ1n) is 7.88. The molecule has 2 atom stereocenters. The summed E-state index contributed by atoms with van der Waals surface area (Å²) in [6, 6.07) is 0.427. The van der Waals surface area contributed by atoms with Crippen molar-refractivity contribution in [1.29, 1.82) is 0 Å². The summed E-state index contributed by atoms with van der Waals surface area (Å²) >= 11 is 0. The second-order valence-electron chi connectivity index (χ2n) is 6.43. The molecule has 2 heterocycles. The molecule has 3 rings (SSSR count). The second-order valence-corrected chi connectivity index (χ2v) is 6.43. The maximum atomic E-state index is 11.8. The first-order chi connectivity index (χ1) is 9.71. The average Bonchev–Trinajstić information content (AvgIpc) is 2.48. The van der Waals surface area contributed by atoms with E-state index in [9.17, 15) is 9.90 Å². The van der Waals surface area contributed by atoms with Crippen LogP contribution in [-0.2, 0) is 14.3 Å². The summed E-state index contributed by atoms with van der Waals surface area (Å²) in [5.74, 6) is -0.653. The SMILES string of the molecule is O=C(O)C1(CN2CCOC3CCCCC32)CCOCC1. The number of hydrogen-bond donors (Lipinski definition) is 1. The molecule has 2 unspecified atom stereocenters. The van der Waals surface area contributed by atoms with Crippen molar-refractivity contribution in [3.63, 3.8) is 0 Å². The van der Waals surface area contributed by atoms with Crippen LogP contribution in [0.2, 0.25) is 0 Å². The van der Waals surface area contributed by atoms with Crippen LogP contribution < -0.4 is 0 Å². The van der Waals surface area contributed by atoms with Crippen molar-refractivity contribution in [3.8, 4) is 0 Å². The number of carbonyl (C=O) groups is 1. The highest BCUT2D eigenvalue weighted by Gasteiger charge is 2.45. The summed E-state index contributed by atoms with van der Waals surface area (Å²) < 4.78 is 11.2. The number of ether oxygens (including phenoxy) is 2. The molecule has 0 aromatic carbocycles. The molecule has 1 aliphatic carbocycles. The lowest BCUT2D eigenvalue weighted by Crippen LogP contribution is -2.57. The Morgan fingerprint density at radius 2 is 1.95 bits per heavy atom. The first-order valence-corrected chi connectivity index (χ1v) is 7.88. The Hall–Kier alpha value is -0.650. The molecular weight excluding hydrogens is 258 g/mol. The van der Waals surface area contributed by atoms with E-state index in [0.29, 0.717) is 44.7 Å². The molecular formula is C15H25NO4. The number of nitrogens with zero attached hydrogens (tertiary/aromatic N) is 1. The van der Waals surface area contributed by atoms with E-state index in [1.165, 1.54) is 12.8 Å². The lowest BCUT2D eigenvalue weighted by molar-refractivity contribution is -0.162. The van der Waals surface area contributed by atoms with Gasteiger partial charge in [0.15, 0.2) is 0 Å². The summed E-state index contributed by atoms with van der Waals surface area (Å²) in [4.78, 5) is 14.2. The maximum absolute atomic E-state index is 11.8. The lowest BCUT2D eigenvalue weighted by atomic mass is 9.78. The minimum atomic E-state index is -0.653. The highest BCUT2D eigenvalue weighted by molar-refractivity contribution is 5.75. The summed E-state index contributed by atoms with van der Waals surface area (Å²) in [5.41, 5.74) is -0.614. The molecule has 5 nitrogen and oxygen atoms in total. The molecule has 114 valence electrons. The number of morpholine rings is 1. The van der Waals surface area contributed by atoms with Gasteiger partial charge in [-0.3, -0.25) is 9.69 Å². The Kier molecular flexibility index (Phi) is 4.29. The molecule has 0 aromatic rings. The minimum absolute atomic E-state index is 0.322. The normalized spacial score (nSPS) is 34.4. The van der Waals surface area contributed by atoms with Crippen LogP contribution in [-0.4, -0.2) is 61.0 Å². The monoisotopic (exact) mass is 283 g/mol. The van der Waals surface area contributed by atoms with Crippen molar-refractivity contribution in [3.05, 3.63) is 0 Å². The third kappa shape index (κ3) is 2.71. The zero-order valence-corrected chi connectivity index (χ0v) is 12.1. The third-order valence-corrected chi connectivity index (χ3v) is 5.26. The van der Waals surface area contributed by atoms with E-state index < -0.39 is 11.4 Å². The molecule has 0 radical (unpaired) electrons. The molecule has 20 heavy (non-hydrogen) atoms. The Morgan fingerprint density at radius 3 is 2.70 bits per heavy atom.